The predicted molar refractivity (Wildman–Crippen MR) is 128 cm³/mol. The van der Waals surface area contributed by atoms with Gasteiger partial charge in [-0.3, -0.25) is 4.99 Å². The first-order valence-electron chi connectivity index (χ1n) is 11.7. The molecule has 15 nitrogen and oxygen atoms in total. The minimum atomic E-state index is -1.74. The van der Waals surface area contributed by atoms with Gasteiger partial charge in [-0.1, -0.05) is 0 Å². The van der Waals surface area contributed by atoms with E-state index < -0.39 is 78.8 Å². The van der Waals surface area contributed by atoms with Gasteiger partial charge in [-0.15, -0.1) is 0 Å². The van der Waals surface area contributed by atoms with Gasteiger partial charge in [-0.2, -0.15) is 0 Å². The number of nitrogens with zero attached hydrogens (tertiary/aromatic N) is 2. The zero-order valence-electron chi connectivity index (χ0n) is 20.1. The van der Waals surface area contributed by atoms with Gasteiger partial charge in [0.05, 0.1) is 6.61 Å². The summed E-state index contributed by atoms with van der Waals surface area (Å²) >= 11 is 0. The van der Waals surface area contributed by atoms with Gasteiger partial charge in [0.2, 0.25) is 6.29 Å². The monoisotopic (exact) mass is 550 g/mol. The number of fused-ring (bicyclic) bond motifs is 1. The minimum Gasteiger partial charge on any atom is -0.504 e. The van der Waals surface area contributed by atoms with Crippen LogP contribution in [0, 0.1) is 0 Å². The zero-order valence-corrected chi connectivity index (χ0v) is 20.1. The summed E-state index contributed by atoms with van der Waals surface area (Å²) in [5.41, 5.74) is 0.477. The molecule has 8 N–H and O–H groups in total. The fourth-order valence-electron chi connectivity index (χ4n) is 4.51. The third kappa shape index (κ3) is 5.57. The molecule has 3 aliphatic rings. The first-order valence-corrected chi connectivity index (χ1v) is 11.7. The average Bonchev–Trinajstić information content (AvgIpc) is 3.24. The SMILES string of the molecule is O=C(O)C1=N[C@H](C(=O)O)CC(/C=C/N2c3cc(O)c(O[C@@H]4O[C@H](CO)[C@@H](O)[C@H](O)[C@H]4O)cc3C[C@@H]2C(=O)O)=C1. The Bertz CT molecular complexity index is 1260. The summed E-state index contributed by atoms with van der Waals surface area (Å²) in [5.74, 6) is -4.67. The van der Waals surface area contributed by atoms with E-state index in [1.807, 2.05) is 0 Å². The molecule has 3 aliphatic heterocycles. The number of aliphatic hydroxyl groups is 4. The van der Waals surface area contributed by atoms with Crippen LogP contribution >= 0.6 is 0 Å². The van der Waals surface area contributed by atoms with Crippen LogP contribution in [0.4, 0.5) is 5.69 Å². The summed E-state index contributed by atoms with van der Waals surface area (Å²) in [6.45, 7) is -0.688. The van der Waals surface area contributed by atoms with Crippen LogP contribution in [-0.2, 0) is 25.5 Å². The third-order valence-corrected chi connectivity index (χ3v) is 6.56. The molecule has 15 heteroatoms. The summed E-state index contributed by atoms with van der Waals surface area (Å²) in [4.78, 5) is 39.7. The lowest BCUT2D eigenvalue weighted by Crippen LogP contribution is -2.60. The molecule has 210 valence electrons. The maximum Gasteiger partial charge on any atom is 0.354 e. The van der Waals surface area contributed by atoms with E-state index in [0.29, 0.717) is 5.56 Å². The van der Waals surface area contributed by atoms with Gasteiger partial charge in [-0.25, -0.2) is 14.4 Å². The number of hydrogen-bond acceptors (Lipinski definition) is 12. The van der Waals surface area contributed by atoms with Crippen LogP contribution in [0.2, 0.25) is 0 Å². The zero-order chi connectivity index (χ0) is 28.6. The predicted octanol–water partition coefficient (Wildman–Crippen LogP) is -1.79. The molecule has 4 rings (SSSR count). The molecular weight excluding hydrogens is 524 g/mol. The minimum absolute atomic E-state index is 0.0566. The molecule has 0 aromatic heterocycles. The topological polar surface area (TPSA) is 247 Å². The Hall–Kier alpha value is -4.02. The standard InChI is InChI=1S/C24H26N2O13/c27-8-17-18(29)19(30)20(31)24(39-17)38-16-6-10-5-14(23(36)37)26(13(10)7-15(16)28)2-1-9-3-11(21(32)33)25-12(4-9)22(34)35/h1-3,6-7,12,14,17-20,24,27-31H,4-5,8H2,(H,32,33)(H,34,35)(H,36,37)/b2-1+/t12-,14+,17+,18+,19-,20+,24+/m0/s1. The van der Waals surface area contributed by atoms with E-state index in [1.54, 1.807) is 0 Å². The molecule has 0 radical (unpaired) electrons. The van der Waals surface area contributed by atoms with Crippen LogP contribution in [0.15, 0.2) is 41.1 Å². The molecule has 0 unspecified atom stereocenters. The number of hydrogen-bond donors (Lipinski definition) is 8. The van der Waals surface area contributed by atoms with Crippen LogP contribution in [0.3, 0.4) is 0 Å². The molecule has 0 aliphatic carbocycles. The van der Waals surface area contributed by atoms with Crippen molar-refractivity contribution in [2.45, 2.75) is 55.6 Å². The van der Waals surface area contributed by atoms with Crippen molar-refractivity contribution >= 4 is 29.3 Å². The number of carboxylic acids is 3. The number of carboxylic acid groups (broad SMARTS) is 3. The number of aliphatic carboxylic acids is 3. The Morgan fingerprint density at radius 2 is 1.77 bits per heavy atom. The first-order chi connectivity index (χ1) is 18.4. The maximum absolute atomic E-state index is 12.0. The van der Waals surface area contributed by atoms with Gasteiger partial charge in [0.1, 0.15) is 36.2 Å². The van der Waals surface area contributed by atoms with Crippen molar-refractivity contribution in [2.24, 2.45) is 4.99 Å². The number of phenolic OH excluding ortho intramolecular Hbond substituents is 1. The Kier molecular flexibility index (Phi) is 7.89. The quantitative estimate of drug-likeness (QED) is 0.178. The number of allylic oxidation sites excluding steroid dienone is 1. The van der Waals surface area contributed by atoms with Gasteiger partial charge in [-0.05, 0) is 29.4 Å². The average molecular weight is 550 g/mol. The van der Waals surface area contributed by atoms with Gasteiger partial charge >= 0.3 is 17.9 Å². The summed E-state index contributed by atoms with van der Waals surface area (Å²) < 4.78 is 10.8. The molecule has 1 aromatic carbocycles. The number of phenols is 1. The van der Waals surface area contributed by atoms with E-state index in [0.717, 1.165) is 0 Å². The maximum atomic E-state index is 12.0. The lowest BCUT2D eigenvalue weighted by molar-refractivity contribution is -0.277. The normalized spacial score (nSPS) is 30.5. The van der Waals surface area contributed by atoms with E-state index in [9.17, 15) is 55.2 Å². The number of dihydropyridines is 1. The van der Waals surface area contributed by atoms with Gasteiger partial charge in [0.25, 0.3) is 0 Å². The molecular formula is C24H26N2O13. The Morgan fingerprint density at radius 1 is 1.05 bits per heavy atom. The molecule has 0 bridgehead atoms. The summed E-state index contributed by atoms with van der Waals surface area (Å²) in [7, 11) is 0. The molecule has 1 fully saturated rings. The summed E-state index contributed by atoms with van der Waals surface area (Å²) in [5, 5.41) is 78.4. The number of rotatable bonds is 8. The highest BCUT2D eigenvalue weighted by Gasteiger charge is 2.45. The smallest absolute Gasteiger partial charge is 0.354 e. The van der Waals surface area contributed by atoms with E-state index in [2.05, 4.69) is 4.99 Å². The van der Waals surface area contributed by atoms with Crippen molar-refractivity contribution in [1.82, 2.24) is 0 Å². The summed E-state index contributed by atoms with van der Waals surface area (Å²) in [6.07, 6.45) is -4.19. The molecule has 1 saturated heterocycles. The van der Waals surface area contributed by atoms with Crippen molar-refractivity contribution in [1.29, 1.82) is 0 Å². The van der Waals surface area contributed by atoms with Crippen LogP contribution in [0.25, 0.3) is 0 Å². The fourth-order valence-corrected chi connectivity index (χ4v) is 4.51. The second-order valence-electron chi connectivity index (χ2n) is 9.14. The van der Waals surface area contributed by atoms with Crippen molar-refractivity contribution in [3.63, 3.8) is 0 Å². The van der Waals surface area contributed by atoms with Crippen LogP contribution in [0.5, 0.6) is 11.5 Å². The lowest BCUT2D eigenvalue weighted by atomic mass is 9.99. The number of benzene rings is 1. The lowest BCUT2D eigenvalue weighted by Gasteiger charge is -2.39. The second kappa shape index (κ2) is 11.0. The van der Waals surface area contributed by atoms with Crippen molar-refractivity contribution < 1.29 is 64.7 Å². The van der Waals surface area contributed by atoms with Gasteiger partial charge in [0.15, 0.2) is 17.5 Å². The number of aromatic hydroxyl groups is 1. The molecule has 0 spiro atoms. The third-order valence-electron chi connectivity index (χ3n) is 6.56. The number of anilines is 1. The van der Waals surface area contributed by atoms with E-state index in [-0.39, 0.29) is 29.9 Å². The molecule has 1 aromatic rings. The highest BCUT2D eigenvalue weighted by Crippen LogP contribution is 2.42. The Balaban J connectivity index is 1.61. The number of ether oxygens (including phenoxy) is 2. The van der Waals surface area contributed by atoms with Gasteiger partial charge in [0, 0.05) is 30.8 Å². The van der Waals surface area contributed by atoms with Crippen molar-refractivity contribution in [3.05, 3.63) is 41.6 Å². The highest BCUT2D eigenvalue weighted by atomic mass is 16.7. The van der Waals surface area contributed by atoms with Crippen LogP contribution < -0.4 is 9.64 Å². The fraction of sp³-hybridized carbons (Fsp3) is 0.417. The van der Waals surface area contributed by atoms with E-state index in [1.165, 1.54) is 35.4 Å². The van der Waals surface area contributed by atoms with Gasteiger partial charge < -0.3 is 55.2 Å². The molecule has 3 heterocycles. The molecule has 0 saturated carbocycles. The Morgan fingerprint density at radius 3 is 2.38 bits per heavy atom. The van der Waals surface area contributed by atoms with Crippen LogP contribution in [-0.4, -0.2) is 114 Å². The molecule has 7 atom stereocenters. The largest absolute Gasteiger partial charge is 0.504 e. The van der Waals surface area contributed by atoms with E-state index in [4.69, 9.17) is 9.47 Å². The molecule has 0 amide bonds. The number of carbonyl (C=O) groups is 3. The number of aliphatic hydroxyl groups excluding tert-OH is 4. The summed E-state index contributed by atoms with van der Waals surface area (Å²) in [6, 6.07) is 0.0330. The van der Waals surface area contributed by atoms with Crippen molar-refractivity contribution in [3.8, 4) is 11.5 Å². The first kappa shape index (κ1) is 28.0. The van der Waals surface area contributed by atoms with E-state index >= 15 is 0 Å². The highest BCUT2D eigenvalue weighted by molar-refractivity contribution is 6.41. The van der Waals surface area contributed by atoms with Crippen LogP contribution in [0.1, 0.15) is 12.0 Å². The second-order valence-corrected chi connectivity index (χ2v) is 9.14. The van der Waals surface area contributed by atoms with Crippen molar-refractivity contribution in [2.75, 3.05) is 11.5 Å². The Labute approximate surface area is 219 Å². The molecule has 39 heavy (non-hydrogen) atoms. The number of aliphatic imine (C=N–C) groups is 1.